The van der Waals surface area contributed by atoms with Gasteiger partial charge in [-0.3, -0.25) is 9.59 Å². The Kier molecular flexibility index (Phi) is 13.2. The molecule has 8 rings (SSSR count). The van der Waals surface area contributed by atoms with Crippen molar-refractivity contribution in [2.24, 2.45) is 0 Å². The maximum Gasteiger partial charge on any atom is 0.219 e. The molecule has 0 atom stereocenters. The van der Waals surface area contributed by atoms with Crippen LogP contribution in [0.15, 0.2) is 91.0 Å². The van der Waals surface area contributed by atoms with Crippen molar-refractivity contribution in [3.05, 3.63) is 125 Å². The molecular formula is C46H52F2N2O2. The quantitative estimate of drug-likeness (QED) is 0.208. The molecule has 272 valence electrons. The van der Waals surface area contributed by atoms with E-state index in [9.17, 15) is 18.4 Å². The van der Waals surface area contributed by atoms with E-state index in [-0.39, 0.29) is 23.3 Å². The van der Waals surface area contributed by atoms with Crippen LogP contribution in [-0.2, 0) is 17.6 Å². The standard InChI is InChI=1S/C23H26FN.C15H11FO.C8H15NO/c24-20-11-8-18(9-12-20)21-6-5-7-22-19(10-13-23(21)22)14-17-25-15-3-1-2-4-16-25;16-11-6-4-10(5-7-11)12-2-1-3-14-13(12)8-9-15(14)17;1-8(10)9-6-4-2-3-5-7-9/h5-12H,1-4,13-17H2;1-7H,8-9H2;2-7H2,1H3. The average molecular weight is 703 g/mol. The highest BCUT2D eigenvalue weighted by Gasteiger charge is 2.22. The molecule has 0 bridgehead atoms. The van der Waals surface area contributed by atoms with E-state index >= 15 is 0 Å². The molecule has 4 aromatic rings. The van der Waals surface area contributed by atoms with Gasteiger partial charge in [0.25, 0.3) is 0 Å². The smallest absolute Gasteiger partial charge is 0.219 e. The number of carbonyl (C=O) groups is 2. The summed E-state index contributed by atoms with van der Waals surface area (Å²) >= 11 is 0. The van der Waals surface area contributed by atoms with Crippen LogP contribution in [0.5, 0.6) is 0 Å². The number of rotatable bonds is 5. The van der Waals surface area contributed by atoms with Crippen molar-refractivity contribution in [3.8, 4) is 22.3 Å². The lowest BCUT2D eigenvalue weighted by atomic mass is 9.94. The van der Waals surface area contributed by atoms with Gasteiger partial charge in [-0.1, -0.05) is 92.4 Å². The third kappa shape index (κ3) is 9.71. The van der Waals surface area contributed by atoms with Crippen LogP contribution in [0.2, 0.25) is 0 Å². The van der Waals surface area contributed by atoms with Crippen LogP contribution in [0.3, 0.4) is 0 Å². The average Bonchev–Trinajstić information content (AvgIpc) is 3.49. The molecule has 2 aliphatic heterocycles. The molecule has 0 N–H and O–H groups in total. The van der Waals surface area contributed by atoms with Crippen LogP contribution in [0, 0.1) is 11.6 Å². The van der Waals surface area contributed by atoms with Crippen LogP contribution in [0.25, 0.3) is 27.8 Å². The summed E-state index contributed by atoms with van der Waals surface area (Å²) in [6, 6.07) is 25.6. The van der Waals surface area contributed by atoms with Gasteiger partial charge < -0.3 is 9.80 Å². The molecule has 2 aliphatic carbocycles. The Balaban J connectivity index is 0.000000148. The Morgan fingerprint density at radius 2 is 1.10 bits per heavy atom. The topological polar surface area (TPSA) is 40.6 Å². The van der Waals surface area contributed by atoms with Crippen molar-refractivity contribution >= 4 is 17.3 Å². The SMILES string of the molecule is CC(=O)N1CCCCCC1.Fc1ccc(-c2cccc3c2CC=C3CCN2CCCCCC2)cc1.O=C1CCc2c1cccc2-c1ccc(F)cc1. The fraction of sp³-hybridized carbons (Fsp3) is 0.391. The first-order valence-electron chi connectivity index (χ1n) is 19.3. The fourth-order valence-electron chi connectivity index (χ4n) is 7.99. The van der Waals surface area contributed by atoms with Gasteiger partial charge in [-0.2, -0.15) is 0 Å². The molecule has 4 aliphatic rings. The van der Waals surface area contributed by atoms with Crippen LogP contribution in [0.4, 0.5) is 8.78 Å². The van der Waals surface area contributed by atoms with Crippen LogP contribution < -0.4 is 0 Å². The number of ketones is 1. The highest BCUT2D eigenvalue weighted by Crippen LogP contribution is 2.37. The zero-order valence-electron chi connectivity index (χ0n) is 30.6. The lowest BCUT2D eigenvalue weighted by Crippen LogP contribution is -2.29. The molecule has 6 heteroatoms. The Labute approximate surface area is 308 Å². The molecule has 0 aromatic heterocycles. The van der Waals surface area contributed by atoms with Crippen LogP contribution in [0.1, 0.15) is 98.2 Å². The van der Waals surface area contributed by atoms with Gasteiger partial charge in [-0.15, -0.1) is 0 Å². The normalized spacial score (nSPS) is 17.0. The zero-order valence-corrected chi connectivity index (χ0v) is 30.6. The summed E-state index contributed by atoms with van der Waals surface area (Å²) in [7, 11) is 0. The summed E-state index contributed by atoms with van der Waals surface area (Å²) in [4.78, 5) is 27.1. The van der Waals surface area contributed by atoms with E-state index < -0.39 is 0 Å². The molecule has 0 saturated carbocycles. The first-order valence-corrected chi connectivity index (χ1v) is 19.3. The lowest BCUT2D eigenvalue weighted by Gasteiger charge is -2.20. The second-order valence-corrected chi connectivity index (χ2v) is 14.5. The van der Waals surface area contributed by atoms with Gasteiger partial charge in [0.2, 0.25) is 5.91 Å². The number of hydrogen-bond donors (Lipinski definition) is 0. The van der Waals surface area contributed by atoms with Crippen molar-refractivity contribution in [2.45, 2.75) is 84.0 Å². The molecule has 0 unspecified atom stereocenters. The fourth-order valence-corrected chi connectivity index (χ4v) is 7.99. The molecule has 1 amide bonds. The van der Waals surface area contributed by atoms with E-state index in [1.807, 2.05) is 35.2 Å². The minimum absolute atomic E-state index is 0.174. The number of carbonyl (C=O) groups excluding carboxylic acids is 2. The summed E-state index contributed by atoms with van der Waals surface area (Å²) in [5.41, 5.74) is 10.6. The first kappa shape index (κ1) is 37.3. The number of amides is 1. The number of fused-ring (bicyclic) bond motifs is 2. The van der Waals surface area contributed by atoms with Crippen molar-refractivity contribution < 1.29 is 18.4 Å². The maximum absolute atomic E-state index is 13.2. The number of Topliss-reactive ketones (excluding diaryl/α,β-unsaturated/α-hetero) is 1. The van der Waals surface area contributed by atoms with Gasteiger partial charge in [0.1, 0.15) is 11.6 Å². The van der Waals surface area contributed by atoms with E-state index in [2.05, 4.69) is 29.2 Å². The van der Waals surface area contributed by atoms with Gasteiger partial charge in [0.05, 0.1) is 0 Å². The van der Waals surface area contributed by atoms with Gasteiger partial charge in [-0.25, -0.2) is 8.78 Å². The number of allylic oxidation sites excluding steroid dienone is 1. The minimum atomic E-state index is -0.239. The van der Waals surface area contributed by atoms with Crippen LogP contribution in [-0.4, -0.2) is 54.2 Å². The van der Waals surface area contributed by atoms with E-state index in [0.29, 0.717) is 6.42 Å². The van der Waals surface area contributed by atoms with Crippen molar-refractivity contribution in [1.29, 1.82) is 0 Å². The monoisotopic (exact) mass is 702 g/mol. The van der Waals surface area contributed by atoms with E-state index in [1.54, 1.807) is 31.2 Å². The third-order valence-electron chi connectivity index (χ3n) is 10.9. The Bertz CT molecular complexity index is 1830. The van der Waals surface area contributed by atoms with E-state index in [0.717, 1.165) is 60.2 Å². The Morgan fingerprint density at radius 3 is 1.65 bits per heavy atom. The molecule has 2 saturated heterocycles. The molecule has 0 spiro atoms. The minimum Gasteiger partial charge on any atom is -0.343 e. The molecular weight excluding hydrogens is 651 g/mol. The summed E-state index contributed by atoms with van der Waals surface area (Å²) in [5, 5.41) is 0. The van der Waals surface area contributed by atoms with Crippen LogP contribution >= 0.6 is 0 Å². The lowest BCUT2D eigenvalue weighted by molar-refractivity contribution is -0.128. The molecule has 0 radical (unpaired) electrons. The second kappa shape index (κ2) is 18.4. The van der Waals surface area contributed by atoms with Gasteiger partial charge >= 0.3 is 0 Å². The zero-order chi connectivity index (χ0) is 36.3. The van der Waals surface area contributed by atoms with E-state index in [1.165, 1.54) is 105 Å². The van der Waals surface area contributed by atoms with Crippen molar-refractivity contribution in [1.82, 2.24) is 9.80 Å². The highest BCUT2D eigenvalue weighted by atomic mass is 19.1. The summed E-state index contributed by atoms with van der Waals surface area (Å²) < 4.78 is 26.1. The molecule has 2 fully saturated rings. The summed E-state index contributed by atoms with van der Waals surface area (Å²) in [6.07, 6.45) is 16.4. The highest BCUT2D eigenvalue weighted by molar-refractivity contribution is 6.02. The van der Waals surface area contributed by atoms with Gasteiger partial charge in [-0.05, 0) is 127 Å². The maximum atomic E-state index is 13.2. The number of hydrogen-bond acceptors (Lipinski definition) is 3. The molecule has 4 nitrogen and oxygen atoms in total. The van der Waals surface area contributed by atoms with Crippen molar-refractivity contribution in [2.75, 3.05) is 32.7 Å². The predicted molar refractivity (Wildman–Crippen MR) is 208 cm³/mol. The second-order valence-electron chi connectivity index (χ2n) is 14.5. The predicted octanol–water partition coefficient (Wildman–Crippen LogP) is 10.7. The Morgan fingerprint density at radius 1 is 0.596 bits per heavy atom. The molecule has 4 aromatic carbocycles. The summed E-state index contributed by atoms with van der Waals surface area (Å²) in [5.74, 6) is 0.0378. The third-order valence-corrected chi connectivity index (χ3v) is 10.9. The number of nitrogens with zero attached hydrogens (tertiary/aromatic N) is 2. The summed E-state index contributed by atoms with van der Waals surface area (Å²) in [6.45, 7) is 7.31. The largest absolute Gasteiger partial charge is 0.343 e. The number of benzene rings is 4. The molecule has 2 heterocycles. The van der Waals surface area contributed by atoms with Gasteiger partial charge in [0, 0.05) is 38.5 Å². The van der Waals surface area contributed by atoms with E-state index in [4.69, 9.17) is 0 Å². The van der Waals surface area contributed by atoms with Gasteiger partial charge in [0.15, 0.2) is 5.78 Å². The van der Waals surface area contributed by atoms with Crippen molar-refractivity contribution in [3.63, 3.8) is 0 Å². The number of likely N-dealkylation sites (tertiary alicyclic amines) is 2. The number of halogens is 2. The Hall–Kier alpha value is -4.42. The first-order chi connectivity index (χ1) is 25.4. The molecule has 52 heavy (non-hydrogen) atoms.